The molecular weight excluding hydrogens is 696 g/mol. The van der Waals surface area contributed by atoms with E-state index in [0.29, 0.717) is 49.7 Å². The van der Waals surface area contributed by atoms with E-state index in [1.807, 2.05) is 13.8 Å². The number of carbonyl (C=O) groups is 3. The maximum Gasteiger partial charge on any atom is 0.190 e. The van der Waals surface area contributed by atoms with Crippen LogP contribution in [0.5, 0.6) is 11.5 Å². The smallest absolute Gasteiger partial charge is 0.190 e. The molecule has 6 aliphatic carbocycles. The lowest BCUT2D eigenvalue weighted by Crippen LogP contribution is -2.64. The Morgan fingerprint density at radius 3 is 1.61 bits per heavy atom. The van der Waals surface area contributed by atoms with Gasteiger partial charge in [0, 0.05) is 46.6 Å². The van der Waals surface area contributed by atoms with Crippen LogP contribution in [0.25, 0.3) is 0 Å². The number of carbonyl (C=O) groups excluding carboxylic acids is 3. The Kier molecular flexibility index (Phi) is 9.13. The number of hydrogen-bond acceptors (Lipinski definition) is 12. The highest BCUT2D eigenvalue weighted by Crippen LogP contribution is 2.67. The highest BCUT2D eigenvalue weighted by Gasteiger charge is 2.71. The molecule has 5 unspecified atom stereocenters. The van der Waals surface area contributed by atoms with Crippen LogP contribution >= 0.6 is 0 Å². The number of rotatable bonds is 4. The monoisotopic (exact) mass is 750 g/mol. The van der Waals surface area contributed by atoms with Crippen LogP contribution in [0.4, 0.5) is 0 Å². The van der Waals surface area contributed by atoms with E-state index in [2.05, 4.69) is 0 Å². The summed E-state index contributed by atoms with van der Waals surface area (Å²) in [5.41, 5.74) is -4.75. The zero-order chi connectivity index (χ0) is 39.6. The summed E-state index contributed by atoms with van der Waals surface area (Å²) < 4.78 is 0. The number of aliphatic hydroxyl groups is 7. The van der Waals surface area contributed by atoms with Crippen LogP contribution in [0.2, 0.25) is 0 Å². The topological polar surface area (TPSA) is 233 Å². The van der Waals surface area contributed by atoms with E-state index in [0.717, 1.165) is 22.3 Å². The Hall–Kier alpha value is -3.23. The molecule has 4 fully saturated rings. The van der Waals surface area contributed by atoms with Crippen molar-refractivity contribution in [1.29, 1.82) is 0 Å². The fourth-order valence-corrected chi connectivity index (χ4v) is 12.7. The van der Waals surface area contributed by atoms with Gasteiger partial charge in [-0.25, -0.2) is 0 Å². The predicted octanol–water partition coefficient (Wildman–Crippen LogP) is 2.06. The minimum atomic E-state index is -1.80. The molecule has 0 bridgehead atoms. The maximum atomic E-state index is 13.3. The van der Waals surface area contributed by atoms with Crippen LogP contribution in [0.3, 0.4) is 0 Å². The van der Waals surface area contributed by atoms with Crippen molar-refractivity contribution in [2.24, 2.45) is 34.5 Å². The third kappa shape index (κ3) is 4.77. The van der Waals surface area contributed by atoms with Crippen molar-refractivity contribution in [2.45, 2.75) is 120 Å². The van der Waals surface area contributed by atoms with Crippen LogP contribution in [-0.2, 0) is 38.4 Å². The molecule has 2 aromatic rings. The molecular formula is C42H54O12. The van der Waals surface area contributed by atoms with Crippen molar-refractivity contribution in [1.82, 2.24) is 0 Å². The second-order valence-electron chi connectivity index (χ2n) is 17.7. The Labute approximate surface area is 314 Å². The van der Waals surface area contributed by atoms with Gasteiger partial charge in [-0.1, -0.05) is 26.0 Å². The predicted molar refractivity (Wildman–Crippen MR) is 193 cm³/mol. The Bertz CT molecular complexity index is 1930. The summed E-state index contributed by atoms with van der Waals surface area (Å²) in [6.45, 7) is 5.96. The molecule has 0 spiro atoms. The third-order valence-corrected chi connectivity index (χ3v) is 15.7. The number of ketones is 3. The van der Waals surface area contributed by atoms with Gasteiger partial charge in [-0.05, 0) is 111 Å². The standard InChI is InChI=1S/C21H28O6.C21H26O6/c2*1-11-3-6-15(23)18-12(11)4-5-14-13-7-8-20(26,17(25)10-22)19(13,2)9-16(24)21(14,18)27/h3,6,13-14,17,22-23,25-27H,4-5,7-10H2,1-2H3;3,6,13-14,22-23,26-27H,4-5,7-10H2,1-2H3/t13?,14?,17?,19-,20-,21+;13?,14?,19-,20-,21+/m00/s1. The van der Waals surface area contributed by atoms with Crippen molar-refractivity contribution < 1.29 is 60.3 Å². The first-order chi connectivity index (χ1) is 25.2. The van der Waals surface area contributed by atoms with E-state index in [9.17, 15) is 60.3 Å². The normalized spacial score (nSPS) is 40.9. The van der Waals surface area contributed by atoms with E-state index in [1.54, 1.807) is 26.0 Å². The van der Waals surface area contributed by atoms with Crippen molar-refractivity contribution in [3.63, 3.8) is 0 Å². The second kappa shape index (κ2) is 12.6. The van der Waals surface area contributed by atoms with Crippen LogP contribution < -0.4 is 0 Å². The molecule has 0 aliphatic heterocycles. The van der Waals surface area contributed by atoms with Gasteiger partial charge in [-0.15, -0.1) is 0 Å². The number of hydrogen-bond donors (Lipinski definition) is 9. The molecule has 12 nitrogen and oxygen atoms in total. The van der Waals surface area contributed by atoms with Gasteiger partial charge in [-0.3, -0.25) is 14.4 Å². The van der Waals surface area contributed by atoms with Gasteiger partial charge in [0.2, 0.25) is 0 Å². The molecule has 0 saturated heterocycles. The first kappa shape index (κ1) is 39.0. The van der Waals surface area contributed by atoms with Crippen LogP contribution in [0.15, 0.2) is 24.3 Å². The first-order valence-electron chi connectivity index (χ1n) is 19.2. The average molecular weight is 751 g/mol. The third-order valence-electron chi connectivity index (χ3n) is 15.7. The van der Waals surface area contributed by atoms with Crippen molar-refractivity contribution in [3.05, 3.63) is 57.6 Å². The molecule has 6 aliphatic rings. The average Bonchev–Trinajstić information content (AvgIpc) is 3.56. The highest BCUT2D eigenvalue weighted by molar-refractivity contribution is 5.96. The molecule has 8 rings (SSSR count). The number of benzene rings is 2. The molecule has 0 radical (unpaired) electrons. The van der Waals surface area contributed by atoms with E-state index in [4.69, 9.17) is 0 Å². The lowest BCUT2D eigenvalue weighted by atomic mass is 9.50. The molecule has 294 valence electrons. The summed E-state index contributed by atoms with van der Waals surface area (Å²) in [5.74, 6) is -3.09. The molecule has 0 heterocycles. The zero-order valence-corrected chi connectivity index (χ0v) is 31.4. The van der Waals surface area contributed by atoms with Gasteiger partial charge >= 0.3 is 0 Å². The SMILES string of the molecule is Cc1ccc(O)c2c1CCC1C3CC[C@](O)(C(=O)CO)[C@@]3(C)CC(=O)[C@@]21O.Cc1ccc(O)c2c1CCC1C3CC[C@](O)(C(O)CO)[C@@]3(C)CC(=O)[C@@]21O. The molecule has 9 N–H and O–H groups in total. The van der Waals surface area contributed by atoms with Crippen molar-refractivity contribution >= 4 is 17.3 Å². The fourth-order valence-electron chi connectivity index (χ4n) is 12.7. The summed E-state index contributed by atoms with van der Waals surface area (Å²) in [4.78, 5) is 38.9. The van der Waals surface area contributed by atoms with Gasteiger partial charge in [-0.2, -0.15) is 0 Å². The summed E-state index contributed by atoms with van der Waals surface area (Å²) in [6, 6.07) is 6.61. The maximum absolute atomic E-state index is 13.3. The van der Waals surface area contributed by atoms with Gasteiger partial charge in [0.25, 0.3) is 0 Å². The van der Waals surface area contributed by atoms with E-state index >= 15 is 0 Å². The summed E-state index contributed by atoms with van der Waals surface area (Å²) in [5, 5.41) is 95.6. The number of Topliss-reactive ketones (excluding diaryl/α,β-unsaturated/α-hetero) is 3. The van der Waals surface area contributed by atoms with Gasteiger partial charge in [0.1, 0.15) is 29.8 Å². The summed E-state index contributed by atoms with van der Waals surface area (Å²) in [7, 11) is 0. The van der Waals surface area contributed by atoms with Gasteiger partial charge in [0.05, 0.1) is 12.2 Å². The largest absolute Gasteiger partial charge is 0.508 e. The lowest BCUT2D eigenvalue weighted by Gasteiger charge is -2.56. The number of aliphatic hydroxyl groups excluding tert-OH is 3. The number of phenolic OH excluding ortho intramolecular Hbond substituents is 2. The second-order valence-corrected chi connectivity index (χ2v) is 17.7. The highest BCUT2D eigenvalue weighted by atomic mass is 16.4. The number of aryl methyl sites for hydroxylation is 2. The van der Waals surface area contributed by atoms with E-state index in [1.165, 1.54) is 12.1 Å². The minimum absolute atomic E-state index is 0.0663. The lowest BCUT2D eigenvalue weighted by molar-refractivity contribution is -0.203. The Morgan fingerprint density at radius 1 is 0.704 bits per heavy atom. The fraction of sp³-hybridized carbons (Fsp3) is 0.643. The molecule has 4 saturated carbocycles. The molecule has 0 aromatic heterocycles. The zero-order valence-electron chi connectivity index (χ0n) is 31.4. The van der Waals surface area contributed by atoms with Crippen LogP contribution in [-0.4, -0.2) is 93.8 Å². The summed E-state index contributed by atoms with van der Waals surface area (Å²) >= 11 is 0. The van der Waals surface area contributed by atoms with Crippen LogP contribution in [0, 0.1) is 48.3 Å². The van der Waals surface area contributed by atoms with E-state index < -0.39 is 81.7 Å². The quantitative estimate of drug-likeness (QED) is 0.219. The molecule has 11 atom stereocenters. The number of phenols is 2. The molecule has 0 amide bonds. The minimum Gasteiger partial charge on any atom is -0.508 e. The summed E-state index contributed by atoms with van der Waals surface area (Å²) in [6.07, 6.45) is 2.24. The Balaban J connectivity index is 0.000000167. The van der Waals surface area contributed by atoms with Crippen molar-refractivity contribution in [2.75, 3.05) is 13.2 Å². The molecule has 2 aromatic carbocycles. The molecule has 54 heavy (non-hydrogen) atoms. The molecule has 12 heteroatoms. The Morgan fingerprint density at radius 2 is 1.15 bits per heavy atom. The van der Waals surface area contributed by atoms with Gasteiger partial charge < -0.3 is 46.0 Å². The first-order valence-corrected chi connectivity index (χ1v) is 19.2. The van der Waals surface area contributed by atoms with Crippen LogP contribution in [0.1, 0.15) is 98.6 Å². The van der Waals surface area contributed by atoms with Gasteiger partial charge in [0.15, 0.2) is 28.6 Å². The van der Waals surface area contributed by atoms with E-state index in [-0.39, 0.29) is 49.0 Å². The number of fused-ring (bicyclic) bond motifs is 10. The van der Waals surface area contributed by atoms with Crippen molar-refractivity contribution in [3.8, 4) is 11.5 Å². The number of aromatic hydroxyl groups is 2.